The minimum absolute atomic E-state index is 0.171. The summed E-state index contributed by atoms with van der Waals surface area (Å²) in [5.41, 5.74) is -5.57. The highest BCUT2D eigenvalue weighted by Gasteiger charge is 2.69. The lowest BCUT2D eigenvalue weighted by Gasteiger charge is -2.50. The maximum Gasteiger partial charge on any atom is 0.296 e. The molecule has 1 aliphatic rings. The van der Waals surface area contributed by atoms with Gasteiger partial charge in [-0.25, -0.2) is 0 Å². The van der Waals surface area contributed by atoms with Gasteiger partial charge in [0.2, 0.25) is 16.8 Å². The number of aliphatic hydroxyl groups excluding tert-OH is 1. The molecule has 27 heavy (non-hydrogen) atoms. The Morgan fingerprint density at radius 1 is 1.15 bits per heavy atom. The molecular formula is C16H16ClNO8S. The molecule has 4 N–H and O–H groups in total. The Hall–Kier alpha value is -1.79. The zero-order valence-electron chi connectivity index (χ0n) is 13.6. The number of rotatable bonds is 4. The lowest BCUT2D eigenvalue weighted by molar-refractivity contribution is -0.313. The molecule has 0 radical (unpaired) electrons. The first-order chi connectivity index (χ1) is 12.6. The third-order valence-corrected chi connectivity index (χ3v) is 5.77. The van der Waals surface area contributed by atoms with Gasteiger partial charge in [0.15, 0.2) is 11.7 Å². The number of aromatic nitrogens is 1. The van der Waals surface area contributed by atoms with E-state index in [9.17, 15) is 28.3 Å². The van der Waals surface area contributed by atoms with E-state index < -0.39 is 38.6 Å². The maximum absolute atomic E-state index is 11.7. The van der Waals surface area contributed by atoms with Crippen LogP contribution in [0.4, 0.5) is 0 Å². The van der Waals surface area contributed by atoms with E-state index >= 15 is 0 Å². The molecule has 1 aliphatic heterocycles. The van der Waals surface area contributed by atoms with Crippen LogP contribution in [-0.4, -0.2) is 56.2 Å². The van der Waals surface area contributed by atoms with Gasteiger partial charge in [0.05, 0.1) is 0 Å². The van der Waals surface area contributed by atoms with Crippen molar-refractivity contribution in [3.63, 3.8) is 0 Å². The van der Waals surface area contributed by atoms with Gasteiger partial charge in [-0.2, -0.15) is 8.42 Å². The molecule has 0 amide bonds. The van der Waals surface area contributed by atoms with E-state index in [0.29, 0.717) is 0 Å². The molecule has 0 spiro atoms. The first-order valence-corrected chi connectivity index (χ1v) is 9.52. The lowest BCUT2D eigenvalue weighted by Crippen LogP contribution is -2.71. The number of para-hydroxylation sites is 1. The molecule has 3 rings (SSSR count). The third kappa shape index (κ3) is 3.41. The van der Waals surface area contributed by atoms with Crippen molar-refractivity contribution in [2.45, 2.75) is 28.5 Å². The Kier molecular flexibility index (Phi) is 5.16. The fourth-order valence-electron chi connectivity index (χ4n) is 2.82. The van der Waals surface area contributed by atoms with Crippen LogP contribution >= 0.6 is 11.6 Å². The quantitative estimate of drug-likeness (QED) is 0.404. The number of pyridine rings is 1. The number of ether oxygens (including phenoxy) is 2. The summed E-state index contributed by atoms with van der Waals surface area (Å²) < 4.78 is 43.4. The van der Waals surface area contributed by atoms with E-state index in [1.54, 1.807) is 18.2 Å². The smallest absolute Gasteiger partial charge is 0.296 e. The number of benzene rings is 1. The second-order valence-corrected chi connectivity index (χ2v) is 7.94. The van der Waals surface area contributed by atoms with Crippen LogP contribution in [0.25, 0.3) is 0 Å². The van der Waals surface area contributed by atoms with Crippen LogP contribution in [0.1, 0.15) is 5.56 Å². The SMILES string of the molecule is O=S(=O)(O)C1O[C@@H](Oc2ccccc2)[C@H](O)[C@](O)(c2cccnc2)[C@@]1(O)Cl. The van der Waals surface area contributed by atoms with Crippen LogP contribution in [0.2, 0.25) is 0 Å². The van der Waals surface area contributed by atoms with E-state index in [0.717, 1.165) is 6.20 Å². The average molecular weight is 418 g/mol. The number of hydrogen-bond acceptors (Lipinski definition) is 8. The minimum Gasteiger partial charge on any atom is -0.462 e. The summed E-state index contributed by atoms with van der Waals surface area (Å²) in [6.07, 6.45) is -1.43. The van der Waals surface area contributed by atoms with E-state index in [-0.39, 0.29) is 11.3 Å². The van der Waals surface area contributed by atoms with Gasteiger partial charge in [0.25, 0.3) is 10.1 Å². The van der Waals surface area contributed by atoms with Gasteiger partial charge in [0.1, 0.15) is 5.75 Å². The number of nitrogens with zero attached hydrogens (tertiary/aromatic N) is 1. The van der Waals surface area contributed by atoms with Crippen molar-refractivity contribution in [3.8, 4) is 5.75 Å². The van der Waals surface area contributed by atoms with Crippen LogP contribution < -0.4 is 4.74 Å². The first kappa shape index (κ1) is 20.0. The van der Waals surface area contributed by atoms with Crippen LogP contribution in [0, 0.1) is 0 Å². The average Bonchev–Trinajstić information content (AvgIpc) is 2.63. The molecular weight excluding hydrogens is 402 g/mol. The maximum atomic E-state index is 11.7. The molecule has 1 aromatic heterocycles. The third-order valence-electron chi connectivity index (χ3n) is 4.16. The van der Waals surface area contributed by atoms with E-state index in [1.165, 1.54) is 30.5 Å². The topological polar surface area (TPSA) is 146 Å². The van der Waals surface area contributed by atoms with Crippen LogP contribution in [-0.2, 0) is 20.5 Å². The van der Waals surface area contributed by atoms with Crippen LogP contribution in [0.5, 0.6) is 5.75 Å². The monoisotopic (exact) mass is 417 g/mol. The highest BCUT2D eigenvalue weighted by Crippen LogP contribution is 2.48. The van der Waals surface area contributed by atoms with Crippen LogP contribution in [0.3, 0.4) is 0 Å². The molecule has 1 unspecified atom stereocenters. The fraction of sp³-hybridized carbons (Fsp3) is 0.312. The molecule has 5 atom stereocenters. The normalized spacial score (nSPS) is 34.2. The Balaban J connectivity index is 2.11. The highest BCUT2D eigenvalue weighted by molar-refractivity contribution is 7.86. The van der Waals surface area contributed by atoms with Gasteiger partial charge in [-0.3, -0.25) is 9.54 Å². The molecule has 1 fully saturated rings. The molecule has 1 aromatic carbocycles. The first-order valence-electron chi connectivity index (χ1n) is 7.64. The van der Waals surface area contributed by atoms with Crippen LogP contribution in [0.15, 0.2) is 54.9 Å². The predicted octanol–water partition coefficient (Wildman–Crippen LogP) is 0.207. The van der Waals surface area contributed by atoms with Crippen molar-refractivity contribution in [1.29, 1.82) is 0 Å². The van der Waals surface area contributed by atoms with Crippen molar-refractivity contribution in [2.75, 3.05) is 0 Å². The van der Waals surface area contributed by atoms with Gasteiger partial charge in [-0.05, 0) is 18.2 Å². The van der Waals surface area contributed by atoms with Crippen molar-refractivity contribution in [1.82, 2.24) is 4.98 Å². The second-order valence-electron chi connectivity index (χ2n) is 5.91. The van der Waals surface area contributed by atoms with Crippen molar-refractivity contribution >= 4 is 21.7 Å². The van der Waals surface area contributed by atoms with Crippen molar-refractivity contribution in [2.24, 2.45) is 0 Å². The number of hydrogen-bond donors (Lipinski definition) is 4. The van der Waals surface area contributed by atoms with Gasteiger partial charge in [-0.1, -0.05) is 35.9 Å². The molecule has 0 bridgehead atoms. The van der Waals surface area contributed by atoms with E-state index in [2.05, 4.69) is 4.98 Å². The zero-order valence-corrected chi connectivity index (χ0v) is 15.2. The molecule has 11 heteroatoms. The summed E-state index contributed by atoms with van der Waals surface area (Å²) >= 11 is 5.93. The second kappa shape index (κ2) is 6.99. The Morgan fingerprint density at radius 3 is 2.37 bits per heavy atom. The van der Waals surface area contributed by atoms with Crippen molar-refractivity contribution in [3.05, 3.63) is 60.4 Å². The Morgan fingerprint density at radius 2 is 1.81 bits per heavy atom. The summed E-state index contributed by atoms with van der Waals surface area (Å²) in [6, 6.07) is 10.5. The van der Waals surface area contributed by atoms with Crippen molar-refractivity contribution < 1.29 is 37.8 Å². The zero-order chi connectivity index (χ0) is 19.9. The molecule has 2 heterocycles. The van der Waals surface area contributed by atoms with Gasteiger partial charge < -0.3 is 24.8 Å². The van der Waals surface area contributed by atoms with Gasteiger partial charge in [0, 0.05) is 18.0 Å². The predicted molar refractivity (Wildman–Crippen MR) is 92.2 cm³/mol. The number of aliphatic hydroxyl groups is 3. The van der Waals surface area contributed by atoms with E-state index in [4.69, 9.17) is 21.1 Å². The minimum atomic E-state index is -5.14. The molecule has 2 aromatic rings. The standard InChI is InChI=1S/C16H16ClNO8S/c17-16(21)14(27(22,23)24)26-13(25-11-6-2-1-3-7-11)12(19)15(16,20)10-5-4-8-18-9-10/h1-9,12-14,19-21H,(H,22,23,24)/t12-,13+,14?,15+,16+/m0/s1. The fourth-order valence-corrected chi connectivity index (χ4v) is 4.26. The van der Waals surface area contributed by atoms with E-state index in [1.807, 2.05) is 0 Å². The molecule has 0 aliphatic carbocycles. The lowest BCUT2D eigenvalue weighted by atomic mass is 9.81. The van der Waals surface area contributed by atoms with Gasteiger partial charge in [-0.15, -0.1) is 0 Å². The molecule has 9 nitrogen and oxygen atoms in total. The number of halogens is 1. The summed E-state index contributed by atoms with van der Waals surface area (Å²) in [5.74, 6) is 0.171. The summed E-state index contributed by atoms with van der Waals surface area (Å²) in [4.78, 5) is 3.77. The Labute approximate surface area is 159 Å². The number of alkyl halides is 1. The highest BCUT2D eigenvalue weighted by atomic mass is 35.5. The summed E-state index contributed by atoms with van der Waals surface area (Å²) in [5, 5.41) is 29.2. The summed E-state index contributed by atoms with van der Waals surface area (Å²) in [6.45, 7) is 0. The molecule has 146 valence electrons. The Bertz CT molecular complexity index is 895. The molecule has 0 saturated carbocycles. The van der Waals surface area contributed by atoms with Gasteiger partial charge >= 0.3 is 0 Å². The molecule has 1 saturated heterocycles. The largest absolute Gasteiger partial charge is 0.462 e. The summed E-state index contributed by atoms with van der Waals surface area (Å²) in [7, 11) is -5.14.